The van der Waals surface area contributed by atoms with Crippen LogP contribution in [-0.2, 0) is 0 Å². The van der Waals surface area contributed by atoms with Crippen molar-refractivity contribution in [2.45, 2.75) is 37.5 Å². The van der Waals surface area contributed by atoms with E-state index in [1.54, 1.807) is 0 Å². The fraction of sp³-hybridized carbons (Fsp3) is 0.727. The van der Waals surface area contributed by atoms with Gasteiger partial charge >= 0.3 is 0 Å². The van der Waals surface area contributed by atoms with E-state index in [0.29, 0.717) is 0 Å². The van der Waals surface area contributed by atoms with E-state index in [1.165, 1.54) is 49.5 Å². The summed E-state index contributed by atoms with van der Waals surface area (Å²) in [6.07, 6.45) is 5.29. The highest BCUT2D eigenvalue weighted by atomic mass is 32.1. The minimum absolute atomic E-state index is 0.744. The molecule has 0 amide bonds. The van der Waals surface area contributed by atoms with E-state index >= 15 is 0 Å². The van der Waals surface area contributed by atoms with Crippen LogP contribution in [0.2, 0.25) is 0 Å². The van der Waals surface area contributed by atoms with Gasteiger partial charge in [-0.1, -0.05) is 0 Å². The molecule has 1 aliphatic heterocycles. The van der Waals surface area contributed by atoms with Crippen molar-refractivity contribution in [1.82, 2.24) is 10.3 Å². The molecule has 0 bridgehead atoms. The van der Waals surface area contributed by atoms with Gasteiger partial charge in [0.1, 0.15) is 0 Å². The normalized spacial score (nSPS) is 24.0. The Balaban J connectivity index is 1.74. The fourth-order valence-corrected chi connectivity index (χ4v) is 3.20. The van der Waals surface area contributed by atoms with Crippen molar-refractivity contribution >= 4 is 11.3 Å². The third-order valence-electron chi connectivity index (χ3n) is 3.22. The van der Waals surface area contributed by atoms with Crippen LogP contribution < -0.4 is 5.32 Å². The Kier molecular flexibility index (Phi) is 2.30. The number of nitrogens with one attached hydrogen (secondary N) is 1. The van der Waals surface area contributed by atoms with Crippen LogP contribution in [0.5, 0.6) is 0 Å². The Labute approximate surface area is 88.7 Å². The van der Waals surface area contributed by atoms with Gasteiger partial charge < -0.3 is 5.32 Å². The number of nitrogens with zero attached hydrogens (tertiary/aromatic N) is 1. The molecule has 1 aromatic heterocycles. The highest BCUT2D eigenvalue weighted by Gasteiger charge is 2.27. The van der Waals surface area contributed by atoms with Crippen molar-refractivity contribution in [3.05, 3.63) is 16.1 Å². The minimum Gasteiger partial charge on any atom is -0.317 e. The van der Waals surface area contributed by atoms with E-state index in [9.17, 15) is 0 Å². The predicted molar refractivity (Wildman–Crippen MR) is 58.9 cm³/mol. The molecule has 3 heteroatoms. The van der Waals surface area contributed by atoms with Gasteiger partial charge in [0.25, 0.3) is 0 Å². The lowest BCUT2D eigenvalue weighted by atomic mass is 9.99. The van der Waals surface area contributed by atoms with Gasteiger partial charge in [0.2, 0.25) is 0 Å². The van der Waals surface area contributed by atoms with E-state index in [-0.39, 0.29) is 0 Å². The van der Waals surface area contributed by atoms with E-state index in [0.717, 1.165) is 11.8 Å². The van der Waals surface area contributed by atoms with E-state index in [1.807, 2.05) is 11.3 Å². The van der Waals surface area contributed by atoms with Gasteiger partial charge in [0.05, 0.1) is 10.7 Å². The van der Waals surface area contributed by atoms with Crippen molar-refractivity contribution in [3.8, 4) is 0 Å². The molecule has 1 aromatic rings. The number of aromatic nitrogens is 1. The van der Waals surface area contributed by atoms with Crippen LogP contribution in [0, 0.1) is 0 Å². The summed E-state index contributed by atoms with van der Waals surface area (Å²) in [5.74, 6) is 1.57. The van der Waals surface area contributed by atoms with Crippen LogP contribution in [0.1, 0.15) is 48.2 Å². The van der Waals surface area contributed by atoms with Crippen LogP contribution in [0.3, 0.4) is 0 Å². The van der Waals surface area contributed by atoms with Crippen molar-refractivity contribution in [2.75, 3.05) is 13.1 Å². The van der Waals surface area contributed by atoms with Gasteiger partial charge in [-0.15, -0.1) is 11.3 Å². The van der Waals surface area contributed by atoms with Crippen LogP contribution in [-0.4, -0.2) is 18.1 Å². The Morgan fingerprint density at radius 3 is 2.64 bits per heavy atom. The number of rotatable bonds is 2. The lowest BCUT2D eigenvalue weighted by molar-refractivity contribution is 0.458. The Hall–Kier alpha value is -0.410. The van der Waals surface area contributed by atoms with Crippen LogP contribution in [0.4, 0.5) is 0 Å². The summed E-state index contributed by atoms with van der Waals surface area (Å²) in [6, 6.07) is 0. The smallest absolute Gasteiger partial charge is 0.0960 e. The first-order valence-electron chi connectivity index (χ1n) is 5.59. The summed E-state index contributed by atoms with van der Waals surface area (Å²) in [7, 11) is 0. The van der Waals surface area contributed by atoms with E-state index in [4.69, 9.17) is 4.98 Å². The van der Waals surface area contributed by atoms with Crippen molar-refractivity contribution in [3.63, 3.8) is 0 Å². The van der Waals surface area contributed by atoms with Crippen molar-refractivity contribution in [1.29, 1.82) is 0 Å². The van der Waals surface area contributed by atoms with E-state index in [2.05, 4.69) is 10.7 Å². The Bertz CT molecular complexity index is 311. The molecule has 1 saturated heterocycles. The molecule has 0 atom stereocenters. The predicted octanol–water partition coefficient (Wildman–Crippen LogP) is 2.49. The maximum atomic E-state index is 4.79. The van der Waals surface area contributed by atoms with Gasteiger partial charge in [0.15, 0.2) is 0 Å². The quantitative estimate of drug-likeness (QED) is 0.807. The first-order chi connectivity index (χ1) is 6.93. The molecule has 0 unspecified atom stereocenters. The lowest BCUT2D eigenvalue weighted by Gasteiger charge is -2.20. The molecule has 2 heterocycles. The summed E-state index contributed by atoms with van der Waals surface area (Å²) in [4.78, 5) is 4.79. The second-order valence-electron chi connectivity index (χ2n) is 4.41. The third-order valence-corrected chi connectivity index (χ3v) is 4.25. The second-order valence-corrected chi connectivity index (χ2v) is 5.30. The lowest BCUT2D eigenvalue weighted by Crippen LogP contribution is -2.26. The molecule has 14 heavy (non-hydrogen) atoms. The third kappa shape index (κ3) is 1.71. The fourth-order valence-electron chi connectivity index (χ4n) is 2.12. The maximum Gasteiger partial charge on any atom is 0.0960 e. The molecule has 2 fully saturated rings. The standard InChI is InChI=1S/C11H16N2S/c1-2-8(1)10-7-14-11(13-10)9-3-5-12-6-4-9/h7-9,12H,1-6H2. The minimum atomic E-state index is 0.744. The molecule has 1 N–H and O–H groups in total. The van der Waals surface area contributed by atoms with Gasteiger partial charge in [-0.3, -0.25) is 0 Å². The first-order valence-corrected chi connectivity index (χ1v) is 6.47. The Morgan fingerprint density at radius 1 is 1.14 bits per heavy atom. The molecular formula is C11H16N2S. The molecule has 2 aliphatic rings. The van der Waals surface area contributed by atoms with E-state index < -0.39 is 0 Å². The van der Waals surface area contributed by atoms with Crippen LogP contribution in [0.15, 0.2) is 5.38 Å². The molecule has 2 nitrogen and oxygen atoms in total. The summed E-state index contributed by atoms with van der Waals surface area (Å²) in [5, 5.41) is 7.09. The summed E-state index contributed by atoms with van der Waals surface area (Å²) in [6.45, 7) is 2.34. The molecule has 3 rings (SSSR count). The van der Waals surface area contributed by atoms with Crippen LogP contribution in [0.25, 0.3) is 0 Å². The summed E-state index contributed by atoms with van der Waals surface area (Å²) >= 11 is 1.89. The number of hydrogen-bond donors (Lipinski definition) is 1. The summed E-state index contributed by atoms with van der Waals surface area (Å²) in [5.41, 5.74) is 1.38. The zero-order chi connectivity index (χ0) is 9.38. The monoisotopic (exact) mass is 208 g/mol. The molecule has 1 aliphatic carbocycles. The highest BCUT2D eigenvalue weighted by Crippen LogP contribution is 2.41. The average Bonchev–Trinajstić information content (AvgIpc) is 2.98. The Morgan fingerprint density at radius 2 is 1.93 bits per heavy atom. The summed E-state index contributed by atoms with van der Waals surface area (Å²) < 4.78 is 0. The second kappa shape index (κ2) is 3.63. The zero-order valence-electron chi connectivity index (χ0n) is 8.33. The molecule has 76 valence electrons. The van der Waals surface area contributed by atoms with Gasteiger partial charge in [0, 0.05) is 17.2 Å². The molecule has 0 radical (unpaired) electrons. The number of thiazole rings is 1. The van der Waals surface area contributed by atoms with Gasteiger partial charge in [-0.25, -0.2) is 4.98 Å². The molecule has 0 aromatic carbocycles. The van der Waals surface area contributed by atoms with Gasteiger partial charge in [-0.05, 0) is 38.8 Å². The first kappa shape index (κ1) is 8.86. The number of hydrogen-bond acceptors (Lipinski definition) is 3. The molecule has 0 spiro atoms. The van der Waals surface area contributed by atoms with Crippen molar-refractivity contribution in [2.24, 2.45) is 0 Å². The average molecular weight is 208 g/mol. The number of piperidine rings is 1. The molecular weight excluding hydrogens is 192 g/mol. The van der Waals surface area contributed by atoms with Gasteiger partial charge in [-0.2, -0.15) is 0 Å². The topological polar surface area (TPSA) is 24.9 Å². The maximum absolute atomic E-state index is 4.79. The molecule has 1 saturated carbocycles. The SMILES string of the molecule is c1sc(C2CCNCC2)nc1C1CC1. The highest BCUT2D eigenvalue weighted by molar-refractivity contribution is 7.09. The van der Waals surface area contributed by atoms with Crippen molar-refractivity contribution < 1.29 is 0 Å². The largest absolute Gasteiger partial charge is 0.317 e. The zero-order valence-corrected chi connectivity index (χ0v) is 9.15. The van der Waals surface area contributed by atoms with Crippen LogP contribution >= 0.6 is 11.3 Å².